The summed E-state index contributed by atoms with van der Waals surface area (Å²) >= 11 is 5.96. The molecule has 0 aliphatic rings. The summed E-state index contributed by atoms with van der Waals surface area (Å²) in [5.74, 6) is 0.393. The van der Waals surface area contributed by atoms with Crippen LogP contribution in [0.25, 0.3) is 0 Å². The summed E-state index contributed by atoms with van der Waals surface area (Å²) in [6.45, 7) is 2.84. The zero-order chi connectivity index (χ0) is 14.6. The molecule has 6 heteroatoms. The fraction of sp³-hybridized carbons (Fsp3) is 0.500. The molecule has 0 heterocycles. The molecule has 0 aliphatic carbocycles. The first-order chi connectivity index (χ1) is 9.79. The van der Waals surface area contributed by atoms with Crippen LogP contribution in [0.4, 0.5) is 0 Å². The minimum atomic E-state index is 0.322. The number of carbonyl (C=O) groups is 1. The second-order valence-electron chi connectivity index (χ2n) is 3.84. The van der Waals surface area contributed by atoms with Crippen LogP contribution in [0.15, 0.2) is 18.2 Å². The number of benzene rings is 1. The van der Waals surface area contributed by atoms with Gasteiger partial charge in [-0.05, 0) is 12.1 Å². The Bertz CT molecular complexity index is 397. The maximum Gasteiger partial charge on any atom is 0.153 e. The molecule has 112 valence electrons. The summed E-state index contributed by atoms with van der Waals surface area (Å²) in [5.41, 5.74) is 0.431. The monoisotopic (exact) mass is 302 g/mol. The Morgan fingerprint density at radius 2 is 1.70 bits per heavy atom. The second-order valence-corrected chi connectivity index (χ2v) is 4.25. The van der Waals surface area contributed by atoms with Crippen molar-refractivity contribution in [2.24, 2.45) is 0 Å². The van der Waals surface area contributed by atoms with Crippen molar-refractivity contribution in [1.29, 1.82) is 0 Å². The van der Waals surface area contributed by atoms with Crippen molar-refractivity contribution in [3.05, 3.63) is 28.8 Å². The molecule has 0 amide bonds. The van der Waals surface area contributed by atoms with Crippen LogP contribution in [0.5, 0.6) is 5.75 Å². The van der Waals surface area contributed by atoms with Gasteiger partial charge in [-0.2, -0.15) is 0 Å². The van der Waals surface area contributed by atoms with E-state index in [-0.39, 0.29) is 0 Å². The van der Waals surface area contributed by atoms with Crippen LogP contribution < -0.4 is 4.74 Å². The van der Waals surface area contributed by atoms with Gasteiger partial charge in [0.15, 0.2) is 6.29 Å². The largest absolute Gasteiger partial charge is 0.489 e. The topological polar surface area (TPSA) is 54.0 Å². The predicted molar refractivity (Wildman–Crippen MR) is 75.8 cm³/mol. The van der Waals surface area contributed by atoms with Crippen LogP contribution in [0.3, 0.4) is 0 Å². The van der Waals surface area contributed by atoms with Crippen molar-refractivity contribution < 1.29 is 23.7 Å². The van der Waals surface area contributed by atoms with E-state index in [4.69, 9.17) is 30.5 Å². The van der Waals surface area contributed by atoms with Crippen LogP contribution in [0.2, 0.25) is 5.02 Å². The Morgan fingerprint density at radius 3 is 2.35 bits per heavy atom. The second kappa shape index (κ2) is 10.6. The Hall–Kier alpha value is -1.14. The van der Waals surface area contributed by atoms with E-state index in [2.05, 4.69) is 0 Å². The van der Waals surface area contributed by atoms with Gasteiger partial charge in [0.2, 0.25) is 0 Å². The summed E-state index contributed by atoms with van der Waals surface area (Å²) in [7, 11) is 1.62. The third-order valence-corrected chi connectivity index (χ3v) is 2.70. The normalized spacial score (nSPS) is 10.5. The van der Waals surface area contributed by atoms with Crippen LogP contribution in [0, 0.1) is 0 Å². The van der Waals surface area contributed by atoms with E-state index in [1.54, 1.807) is 25.3 Å². The van der Waals surface area contributed by atoms with Crippen LogP contribution in [0.1, 0.15) is 10.4 Å². The molecular weight excluding hydrogens is 284 g/mol. The average Bonchev–Trinajstić information content (AvgIpc) is 2.46. The van der Waals surface area contributed by atoms with E-state index < -0.39 is 0 Å². The number of aldehydes is 1. The molecule has 0 saturated heterocycles. The highest BCUT2D eigenvalue weighted by Gasteiger charge is 2.07. The number of methoxy groups -OCH3 is 1. The van der Waals surface area contributed by atoms with Gasteiger partial charge in [0.25, 0.3) is 0 Å². The number of carbonyl (C=O) groups excluding carboxylic acids is 1. The zero-order valence-corrected chi connectivity index (χ0v) is 12.2. The first-order valence-electron chi connectivity index (χ1n) is 6.30. The van der Waals surface area contributed by atoms with Crippen molar-refractivity contribution in [3.63, 3.8) is 0 Å². The Kier molecular flexibility index (Phi) is 8.98. The number of hydrogen-bond acceptors (Lipinski definition) is 5. The number of halogens is 1. The van der Waals surface area contributed by atoms with E-state index >= 15 is 0 Å². The lowest BCUT2D eigenvalue weighted by molar-refractivity contribution is 0.0179. The van der Waals surface area contributed by atoms with E-state index in [0.29, 0.717) is 62.3 Å². The van der Waals surface area contributed by atoms with E-state index in [9.17, 15) is 4.79 Å². The fourth-order valence-corrected chi connectivity index (χ4v) is 1.67. The summed E-state index contributed by atoms with van der Waals surface area (Å²) in [6, 6.07) is 5.03. The lowest BCUT2D eigenvalue weighted by Gasteiger charge is -2.10. The molecule has 0 aliphatic heterocycles. The van der Waals surface area contributed by atoms with Crippen molar-refractivity contribution >= 4 is 17.9 Å². The Labute approximate surface area is 123 Å². The number of rotatable bonds is 11. The SMILES string of the molecule is COCCOCCOCCOc1c(Cl)cccc1C=O. The fourth-order valence-electron chi connectivity index (χ4n) is 1.44. The molecule has 5 nitrogen and oxygen atoms in total. The Morgan fingerprint density at radius 1 is 1.05 bits per heavy atom. The van der Waals surface area contributed by atoms with E-state index in [1.807, 2.05) is 0 Å². The van der Waals surface area contributed by atoms with Crippen LogP contribution in [-0.2, 0) is 14.2 Å². The van der Waals surface area contributed by atoms with Crippen molar-refractivity contribution in [1.82, 2.24) is 0 Å². The molecular formula is C14H19ClO5. The quantitative estimate of drug-likeness (QED) is 0.463. The number of para-hydroxylation sites is 1. The van der Waals surface area contributed by atoms with Crippen LogP contribution in [-0.4, -0.2) is 53.0 Å². The van der Waals surface area contributed by atoms with Gasteiger partial charge in [-0.1, -0.05) is 17.7 Å². The third kappa shape index (κ3) is 6.34. The van der Waals surface area contributed by atoms with Gasteiger partial charge in [0.05, 0.1) is 43.6 Å². The van der Waals surface area contributed by atoms with Gasteiger partial charge < -0.3 is 18.9 Å². The minimum Gasteiger partial charge on any atom is -0.489 e. The van der Waals surface area contributed by atoms with Gasteiger partial charge >= 0.3 is 0 Å². The molecule has 1 rings (SSSR count). The van der Waals surface area contributed by atoms with Crippen molar-refractivity contribution in [2.45, 2.75) is 0 Å². The number of ether oxygens (including phenoxy) is 4. The van der Waals surface area contributed by atoms with Crippen molar-refractivity contribution in [3.8, 4) is 5.75 Å². The summed E-state index contributed by atoms with van der Waals surface area (Å²) in [5, 5.41) is 0.414. The highest BCUT2D eigenvalue weighted by Crippen LogP contribution is 2.27. The summed E-state index contributed by atoms with van der Waals surface area (Å²) in [4.78, 5) is 10.8. The van der Waals surface area contributed by atoms with Gasteiger partial charge in [0, 0.05) is 7.11 Å². The van der Waals surface area contributed by atoms with Gasteiger partial charge in [-0.3, -0.25) is 4.79 Å². The average molecular weight is 303 g/mol. The highest BCUT2D eigenvalue weighted by atomic mass is 35.5. The molecule has 0 saturated carbocycles. The number of hydrogen-bond donors (Lipinski definition) is 0. The van der Waals surface area contributed by atoms with Gasteiger partial charge in [0.1, 0.15) is 12.4 Å². The van der Waals surface area contributed by atoms with Crippen LogP contribution >= 0.6 is 11.6 Å². The van der Waals surface area contributed by atoms with E-state index in [0.717, 1.165) is 0 Å². The molecule has 0 atom stereocenters. The maximum absolute atomic E-state index is 10.8. The van der Waals surface area contributed by atoms with Crippen molar-refractivity contribution in [2.75, 3.05) is 46.8 Å². The smallest absolute Gasteiger partial charge is 0.153 e. The third-order valence-electron chi connectivity index (χ3n) is 2.40. The summed E-state index contributed by atoms with van der Waals surface area (Å²) < 4.78 is 20.9. The molecule has 0 aromatic heterocycles. The molecule has 0 spiro atoms. The molecule has 0 unspecified atom stereocenters. The lowest BCUT2D eigenvalue weighted by atomic mass is 10.2. The summed E-state index contributed by atoms with van der Waals surface area (Å²) in [6.07, 6.45) is 0.714. The molecule has 1 aromatic rings. The first-order valence-corrected chi connectivity index (χ1v) is 6.68. The lowest BCUT2D eigenvalue weighted by Crippen LogP contribution is -2.12. The highest BCUT2D eigenvalue weighted by molar-refractivity contribution is 6.32. The zero-order valence-electron chi connectivity index (χ0n) is 11.5. The molecule has 0 bridgehead atoms. The predicted octanol–water partition coefficient (Wildman–Crippen LogP) is 2.21. The minimum absolute atomic E-state index is 0.322. The van der Waals surface area contributed by atoms with Gasteiger partial charge in [-0.25, -0.2) is 0 Å². The molecule has 0 radical (unpaired) electrons. The maximum atomic E-state index is 10.8. The standard InChI is InChI=1S/C14H19ClO5/c1-17-5-6-18-7-8-19-9-10-20-14-12(11-16)3-2-4-13(14)15/h2-4,11H,5-10H2,1H3. The molecule has 0 N–H and O–H groups in total. The molecule has 0 fully saturated rings. The van der Waals surface area contributed by atoms with E-state index in [1.165, 1.54) is 0 Å². The molecule has 20 heavy (non-hydrogen) atoms. The molecule has 1 aromatic carbocycles. The Balaban J connectivity index is 2.14. The van der Waals surface area contributed by atoms with Gasteiger partial charge in [-0.15, -0.1) is 0 Å². The first kappa shape index (κ1) is 16.9.